The molecular formula is C9H16F3NO2. The largest absolute Gasteiger partial charge is 0.480 e. The van der Waals surface area contributed by atoms with Crippen LogP contribution in [0, 0.1) is 5.92 Å². The molecule has 0 aliphatic rings. The van der Waals surface area contributed by atoms with E-state index in [-0.39, 0.29) is 19.0 Å². The Bertz CT molecular complexity index is 204. The van der Waals surface area contributed by atoms with Gasteiger partial charge in [-0.15, -0.1) is 0 Å². The third kappa shape index (κ3) is 9.52. The van der Waals surface area contributed by atoms with Crippen LogP contribution in [0.5, 0.6) is 0 Å². The molecule has 0 fully saturated rings. The Morgan fingerprint density at radius 2 is 1.93 bits per heavy atom. The summed E-state index contributed by atoms with van der Waals surface area (Å²) < 4.78 is 35.8. The predicted octanol–water partition coefficient (Wildman–Crippen LogP) is 1.98. The Morgan fingerprint density at radius 3 is 2.27 bits per heavy atom. The van der Waals surface area contributed by atoms with Gasteiger partial charge in [0.15, 0.2) is 0 Å². The van der Waals surface area contributed by atoms with Gasteiger partial charge in [0, 0.05) is 13.1 Å². The van der Waals surface area contributed by atoms with Crippen molar-refractivity contribution in [3.63, 3.8) is 0 Å². The second-order valence-corrected chi connectivity index (χ2v) is 3.89. The first-order valence-electron chi connectivity index (χ1n) is 4.71. The summed E-state index contributed by atoms with van der Waals surface area (Å²) in [6, 6.07) is 0. The molecule has 90 valence electrons. The maximum absolute atomic E-state index is 11.9. The van der Waals surface area contributed by atoms with Gasteiger partial charge in [-0.05, 0) is 5.92 Å². The summed E-state index contributed by atoms with van der Waals surface area (Å²) in [4.78, 5) is 11.7. The fourth-order valence-corrected chi connectivity index (χ4v) is 1.23. The first-order chi connectivity index (χ1) is 6.70. The van der Waals surface area contributed by atoms with Gasteiger partial charge in [-0.2, -0.15) is 13.2 Å². The summed E-state index contributed by atoms with van der Waals surface area (Å²) in [5.74, 6) is -0.949. The number of aliphatic carboxylic acids is 1. The Hall–Kier alpha value is -0.780. The van der Waals surface area contributed by atoms with Gasteiger partial charge in [-0.3, -0.25) is 9.69 Å². The number of carbonyl (C=O) groups is 1. The number of hydrogen-bond acceptors (Lipinski definition) is 2. The second kappa shape index (κ2) is 5.95. The van der Waals surface area contributed by atoms with Crippen molar-refractivity contribution in [2.45, 2.75) is 26.4 Å². The highest BCUT2D eigenvalue weighted by Crippen LogP contribution is 2.19. The molecule has 15 heavy (non-hydrogen) atoms. The summed E-state index contributed by atoms with van der Waals surface area (Å²) in [5, 5.41) is 8.50. The standard InChI is InChI=1S/C9H16F3NO2/c1-7(2)5-13(6-8(14)15)4-3-9(10,11)12/h7H,3-6H2,1-2H3,(H,14,15). The molecule has 3 nitrogen and oxygen atoms in total. The normalized spacial score (nSPS) is 12.5. The van der Waals surface area contributed by atoms with Crippen LogP contribution in [-0.2, 0) is 4.79 Å². The van der Waals surface area contributed by atoms with Crippen LogP contribution in [0.4, 0.5) is 13.2 Å². The number of nitrogens with zero attached hydrogens (tertiary/aromatic N) is 1. The molecule has 0 saturated heterocycles. The second-order valence-electron chi connectivity index (χ2n) is 3.89. The molecule has 0 amide bonds. The van der Waals surface area contributed by atoms with E-state index < -0.39 is 18.6 Å². The fourth-order valence-electron chi connectivity index (χ4n) is 1.23. The smallest absolute Gasteiger partial charge is 0.390 e. The van der Waals surface area contributed by atoms with E-state index in [2.05, 4.69) is 0 Å². The highest BCUT2D eigenvalue weighted by molar-refractivity contribution is 5.69. The molecule has 0 aliphatic carbocycles. The van der Waals surface area contributed by atoms with E-state index in [1.807, 2.05) is 13.8 Å². The fraction of sp³-hybridized carbons (Fsp3) is 0.889. The molecule has 0 aromatic rings. The van der Waals surface area contributed by atoms with Crippen LogP contribution in [0.1, 0.15) is 20.3 Å². The van der Waals surface area contributed by atoms with Gasteiger partial charge >= 0.3 is 12.1 Å². The van der Waals surface area contributed by atoms with Crippen LogP contribution in [0.2, 0.25) is 0 Å². The monoisotopic (exact) mass is 227 g/mol. The highest BCUT2D eigenvalue weighted by Gasteiger charge is 2.28. The minimum atomic E-state index is -4.23. The van der Waals surface area contributed by atoms with E-state index in [9.17, 15) is 18.0 Å². The molecule has 0 saturated carbocycles. The van der Waals surface area contributed by atoms with Gasteiger partial charge in [-0.25, -0.2) is 0 Å². The van der Waals surface area contributed by atoms with E-state index in [1.165, 1.54) is 4.90 Å². The van der Waals surface area contributed by atoms with Crippen LogP contribution >= 0.6 is 0 Å². The van der Waals surface area contributed by atoms with E-state index in [1.54, 1.807) is 0 Å². The molecule has 0 rings (SSSR count). The third-order valence-corrected chi connectivity index (χ3v) is 1.69. The Kier molecular flexibility index (Phi) is 5.64. The summed E-state index contributed by atoms with van der Waals surface area (Å²) >= 11 is 0. The zero-order chi connectivity index (χ0) is 12.1. The first kappa shape index (κ1) is 14.2. The van der Waals surface area contributed by atoms with Crippen LogP contribution < -0.4 is 0 Å². The molecule has 0 aromatic carbocycles. The highest BCUT2D eigenvalue weighted by atomic mass is 19.4. The molecule has 0 unspecified atom stereocenters. The topological polar surface area (TPSA) is 40.5 Å². The predicted molar refractivity (Wildman–Crippen MR) is 49.6 cm³/mol. The molecular weight excluding hydrogens is 211 g/mol. The van der Waals surface area contributed by atoms with E-state index >= 15 is 0 Å². The van der Waals surface area contributed by atoms with Crippen molar-refractivity contribution in [1.82, 2.24) is 4.90 Å². The lowest BCUT2D eigenvalue weighted by Gasteiger charge is -2.22. The Balaban J connectivity index is 4.07. The number of carboxylic acid groups (broad SMARTS) is 1. The van der Waals surface area contributed by atoms with Gasteiger partial charge in [0.2, 0.25) is 0 Å². The molecule has 0 spiro atoms. The maximum Gasteiger partial charge on any atom is 0.390 e. The molecule has 0 atom stereocenters. The average molecular weight is 227 g/mol. The lowest BCUT2D eigenvalue weighted by molar-refractivity contribution is -0.145. The molecule has 0 radical (unpaired) electrons. The van der Waals surface area contributed by atoms with Crippen LogP contribution in [0.25, 0.3) is 0 Å². The average Bonchev–Trinajstić information content (AvgIpc) is 1.96. The molecule has 6 heteroatoms. The summed E-state index contributed by atoms with van der Waals surface area (Å²) in [6.07, 6.45) is -5.19. The SMILES string of the molecule is CC(C)CN(CCC(F)(F)F)CC(=O)O. The summed E-state index contributed by atoms with van der Waals surface area (Å²) in [7, 11) is 0. The van der Waals surface area contributed by atoms with Crippen molar-refractivity contribution in [3.05, 3.63) is 0 Å². The number of rotatable bonds is 6. The number of carboxylic acids is 1. The van der Waals surface area contributed by atoms with E-state index in [4.69, 9.17) is 5.11 Å². The minimum Gasteiger partial charge on any atom is -0.480 e. The van der Waals surface area contributed by atoms with Gasteiger partial charge in [-0.1, -0.05) is 13.8 Å². The van der Waals surface area contributed by atoms with E-state index in [0.29, 0.717) is 6.54 Å². The van der Waals surface area contributed by atoms with Crippen molar-refractivity contribution in [2.24, 2.45) is 5.92 Å². The first-order valence-corrected chi connectivity index (χ1v) is 4.71. The quantitative estimate of drug-likeness (QED) is 0.754. The molecule has 0 aromatic heterocycles. The van der Waals surface area contributed by atoms with Crippen molar-refractivity contribution < 1.29 is 23.1 Å². The molecule has 0 aliphatic heterocycles. The maximum atomic E-state index is 11.9. The number of hydrogen-bond donors (Lipinski definition) is 1. The zero-order valence-electron chi connectivity index (χ0n) is 8.84. The van der Waals surface area contributed by atoms with E-state index in [0.717, 1.165) is 0 Å². The molecule has 1 N–H and O–H groups in total. The van der Waals surface area contributed by atoms with Gasteiger partial charge < -0.3 is 5.11 Å². The van der Waals surface area contributed by atoms with Crippen molar-refractivity contribution in [3.8, 4) is 0 Å². The molecule has 0 heterocycles. The third-order valence-electron chi connectivity index (χ3n) is 1.69. The van der Waals surface area contributed by atoms with Gasteiger partial charge in [0.1, 0.15) is 0 Å². The van der Waals surface area contributed by atoms with Gasteiger partial charge in [0.25, 0.3) is 0 Å². The summed E-state index contributed by atoms with van der Waals surface area (Å²) in [6.45, 7) is 3.44. The minimum absolute atomic E-state index is 0.151. The van der Waals surface area contributed by atoms with Crippen LogP contribution in [0.3, 0.4) is 0 Å². The van der Waals surface area contributed by atoms with Crippen LogP contribution in [0.15, 0.2) is 0 Å². The number of halogens is 3. The Morgan fingerprint density at radius 1 is 1.40 bits per heavy atom. The van der Waals surface area contributed by atoms with Gasteiger partial charge in [0.05, 0.1) is 13.0 Å². The van der Waals surface area contributed by atoms with Crippen molar-refractivity contribution in [2.75, 3.05) is 19.6 Å². The van der Waals surface area contributed by atoms with Crippen LogP contribution in [-0.4, -0.2) is 41.8 Å². The lowest BCUT2D eigenvalue weighted by Crippen LogP contribution is -2.35. The molecule has 0 bridgehead atoms. The summed E-state index contributed by atoms with van der Waals surface area (Å²) in [5.41, 5.74) is 0. The lowest BCUT2D eigenvalue weighted by atomic mass is 10.2. The van der Waals surface area contributed by atoms with Crippen molar-refractivity contribution in [1.29, 1.82) is 0 Å². The number of alkyl halides is 3. The zero-order valence-corrected chi connectivity index (χ0v) is 8.84. The van der Waals surface area contributed by atoms with Crippen molar-refractivity contribution >= 4 is 5.97 Å². The Labute approximate surface area is 86.9 Å².